The molecule has 0 aromatic carbocycles. The Labute approximate surface area is 97.1 Å². The summed E-state index contributed by atoms with van der Waals surface area (Å²) < 4.78 is 16.1. The molecule has 0 bridgehead atoms. The molecule has 1 rings (SSSR count). The maximum atomic E-state index is 8.52. The lowest BCUT2D eigenvalue weighted by molar-refractivity contribution is -0.131. The molecule has 0 heterocycles. The van der Waals surface area contributed by atoms with Gasteiger partial charge in [0.2, 0.25) is 0 Å². The summed E-state index contributed by atoms with van der Waals surface area (Å²) in [7, 11) is 1.72. The van der Waals surface area contributed by atoms with Crippen LogP contribution in [0.3, 0.4) is 0 Å². The molecular formula is C11H23NO4. The summed E-state index contributed by atoms with van der Waals surface area (Å²) in [6.07, 6.45) is 1.37. The van der Waals surface area contributed by atoms with Gasteiger partial charge in [0.25, 0.3) is 0 Å². The first-order valence-electron chi connectivity index (χ1n) is 5.89. The van der Waals surface area contributed by atoms with Crippen LogP contribution < -0.4 is 5.32 Å². The summed E-state index contributed by atoms with van der Waals surface area (Å²) in [6, 6.07) is 0.360. The van der Waals surface area contributed by atoms with Crippen LogP contribution in [0.5, 0.6) is 0 Å². The summed E-state index contributed by atoms with van der Waals surface area (Å²) in [5.41, 5.74) is 0. The van der Waals surface area contributed by atoms with Gasteiger partial charge in [-0.2, -0.15) is 0 Å². The minimum atomic E-state index is 0.0799. The van der Waals surface area contributed by atoms with Crippen molar-refractivity contribution in [2.45, 2.75) is 31.6 Å². The molecule has 96 valence electrons. The lowest BCUT2D eigenvalue weighted by Crippen LogP contribution is -2.60. The SMILES string of the molecule is CCOC1CC(NCCOCCO)C1OC. The van der Waals surface area contributed by atoms with E-state index in [0.717, 1.165) is 19.6 Å². The minimum absolute atomic E-state index is 0.0799. The Morgan fingerprint density at radius 1 is 1.38 bits per heavy atom. The van der Waals surface area contributed by atoms with E-state index in [2.05, 4.69) is 5.32 Å². The molecular weight excluding hydrogens is 210 g/mol. The molecule has 1 saturated carbocycles. The van der Waals surface area contributed by atoms with E-state index in [1.165, 1.54) is 0 Å². The quantitative estimate of drug-likeness (QED) is 0.539. The van der Waals surface area contributed by atoms with Crippen molar-refractivity contribution in [3.8, 4) is 0 Å². The topological polar surface area (TPSA) is 60.0 Å². The van der Waals surface area contributed by atoms with Crippen LogP contribution in [0, 0.1) is 0 Å². The zero-order valence-electron chi connectivity index (χ0n) is 10.1. The Bertz CT molecular complexity index is 179. The standard InChI is InChI=1S/C11H23NO4/c1-3-16-10-8-9(11(10)14-2)12-4-6-15-7-5-13/h9-13H,3-8H2,1-2H3. The van der Waals surface area contributed by atoms with E-state index in [4.69, 9.17) is 19.3 Å². The molecule has 0 radical (unpaired) electrons. The zero-order valence-corrected chi connectivity index (χ0v) is 10.1. The van der Waals surface area contributed by atoms with E-state index in [1.807, 2.05) is 6.92 Å². The van der Waals surface area contributed by atoms with Crippen LogP contribution in [0.4, 0.5) is 0 Å². The van der Waals surface area contributed by atoms with E-state index in [-0.39, 0.29) is 18.8 Å². The predicted molar refractivity (Wildman–Crippen MR) is 60.5 cm³/mol. The van der Waals surface area contributed by atoms with Crippen molar-refractivity contribution >= 4 is 0 Å². The third-order valence-electron chi connectivity index (χ3n) is 2.79. The second-order valence-corrected chi connectivity index (χ2v) is 3.83. The monoisotopic (exact) mass is 233 g/mol. The molecule has 0 spiro atoms. The highest BCUT2D eigenvalue weighted by Gasteiger charge is 2.41. The van der Waals surface area contributed by atoms with Gasteiger partial charge in [0.05, 0.1) is 32.0 Å². The number of ether oxygens (including phenoxy) is 3. The van der Waals surface area contributed by atoms with Gasteiger partial charge < -0.3 is 24.6 Å². The third-order valence-corrected chi connectivity index (χ3v) is 2.79. The predicted octanol–water partition coefficient (Wildman–Crippen LogP) is -0.223. The average Bonchev–Trinajstić information content (AvgIpc) is 2.26. The first kappa shape index (κ1) is 13.9. The fourth-order valence-electron chi connectivity index (χ4n) is 1.96. The Morgan fingerprint density at radius 3 is 2.81 bits per heavy atom. The molecule has 1 aliphatic carbocycles. The van der Waals surface area contributed by atoms with Gasteiger partial charge in [-0.15, -0.1) is 0 Å². The van der Waals surface area contributed by atoms with Gasteiger partial charge in [0.1, 0.15) is 0 Å². The lowest BCUT2D eigenvalue weighted by Gasteiger charge is -2.43. The summed E-state index contributed by atoms with van der Waals surface area (Å²) in [4.78, 5) is 0. The molecule has 1 aliphatic rings. The first-order valence-corrected chi connectivity index (χ1v) is 5.89. The zero-order chi connectivity index (χ0) is 11.8. The molecule has 3 atom stereocenters. The van der Waals surface area contributed by atoms with Crippen molar-refractivity contribution in [2.75, 3.05) is 40.1 Å². The molecule has 2 N–H and O–H groups in total. The number of hydrogen-bond acceptors (Lipinski definition) is 5. The normalized spacial score (nSPS) is 29.1. The number of methoxy groups -OCH3 is 1. The van der Waals surface area contributed by atoms with E-state index in [1.54, 1.807) is 7.11 Å². The molecule has 0 aromatic heterocycles. The smallest absolute Gasteiger partial charge is 0.0986 e. The van der Waals surface area contributed by atoms with Crippen molar-refractivity contribution < 1.29 is 19.3 Å². The Hall–Kier alpha value is -0.200. The summed E-state index contributed by atoms with van der Waals surface area (Å²) >= 11 is 0. The van der Waals surface area contributed by atoms with Gasteiger partial charge in [0, 0.05) is 26.3 Å². The van der Waals surface area contributed by atoms with E-state index >= 15 is 0 Å². The van der Waals surface area contributed by atoms with Crippen LogP contribution in [0.1, 0.15) is 13.3 Å². The van der Waals surface area contributed by atoms with E-state index in [9.17, 15) is 0 Å². The van der Waals surface area contributed by atoms with Crippen molar-refractivity contribution in [1.29, 1.82) is 0 Å². The van der Waals surface area contributed by atoms with Gasteiger partial charge in [-0.1, -0.05) is 0 Å². The third kappa shape index (κ3) is 3.99. The van der Waals surface area contributed by atoms with Crippen LogP contribution in [0.25, 0.3) is 0 Å². The highest BCUT2D eigenvalue weighted by atomic mass is 16.5. The maximum Gasteiger partial charge on any atom is 0.0986 e. The van der Waals surface area contributed by atoms with Crippen molar-refractivity contribution in [1.82, 2.24) is 5.32 Å². The molecule has 3 unspecified atom stereocenters. The molecule has 5 nitrogen and oxygen atoms in total. The van der Waals surface area contributed by atoms with E-state index in [0.29, 0.717) is 19.3 Å². The number of aliphatic hydroxyl groups excluding tert-OH is 1. The van der Waals surface area contributed by atoms with Crippen LogP contribution in [-0.2, 0) is 14.2 Å². The number of rotatable bonds is 9. The van der Waals surface area contributed by atoms with Crippen molar-refractivity contribution in [3.05, 3.63) is 0 Å². The molecule has 1 fully saturated rings. The van der Waals surface area contributed by atoms with Crippen LogP contribution in [-0.4, -0.2) is 63.4 Å². The second-order valence-electron chi connectivity index (χ2n) is 3.83. The van der Waals surface area contributed by atoms with Gasteiger partial charge in [0.15, 0.2) is 0 Å². The Morgan fingerprint density at radius 2 is 2.19 bits per heavy atom. The van der Waals surface area contributed by atoms with Crippen LogP contribution in [0.15, 0.2) is 0 Å². The van der Waals surface area contributed by atoms with Crippen LogP contribution in [0.2, 0.25) is 0 Å². The van der Waals surface area contributed by atoms with Gasteiger partial charge in [-0.3, -0.25) is 0 Å². The first-order chi connectivity index (χ1) is 7.83. The molecule has 5 heteroatoms. The number of hydrogen-bond donors (Lipinski definition) is 2. The van der Waals surface area contributed by atoms with Crippen LogP contribution >= 0.6 is 0 Å². The number of nitrogens with one attached hydrogen (secondary N) is 1. The maximum absolute atomic E-state index is 8.52. The average molecular weight is 233 g/mol. The summed E-state index contributed by atoms with van der Waals surface area (Å²) in [6.45, 7) is 4.61. The van der Waals surface area contributed by atoms with Gasteiger partial charge in [-0.05, 0) is 13.3 Å². The Balaban J connectivity index is 2.05. The molecule has 0 saturated heterocycles. The minimum Gasteiger partial charge on any atom is -0.394 e. The lowest BCUT2D eigenvalue weighted by atomic mass is 9.85. The van der Waals surface area contributed by atoms with Gasteiger partial charge >= 0.3 is 0 Å². The van der Waals surface area contributed by atoms with Crippen molar-refractivity contribution in [3.63, 3.8) is 0 Å². The number of aliphatic hydroxyl groups is 1. The highest BCUT2D eigenvalue weighted by Crippen LogP contribution is 2.26. The van der Waals surface area contributed by atoms with Crippen molar-refractivity contribution in [2.24, 2.45) is 0 Å². The molecule has 0 amide bonds. The molecule has 16 heavy (non-hydrogen) atoms. The largest absolute Gasteiger partial charge is 0.394 e. The van der Waals surface area contributed by atoms with E-state index < -0.39 is 0 Å². The Kier molecular flexibility index (Phi) is 6.91. The molecule has 0 aliphatic heterocycles. The fraction of sp³-hybridized carbons (Fsp3) is 1.00. The highest BCUT2D eigenvalue weighted by molar-refractivity contribution is 4.96. The second kappa shape index (κ2) is 7.97. The molecule has 0 aromatic rings. The summed E-state index contributed by atoms with van der Waals surface area (Å²) in [5.74, 6) is 0. The van der Waals surface area contributed by atoms with Gasteiger partial charge in [-0.25, -0.2) is 0 Å². The summed E-state index contributed by atoms with van der Waals surface area (Å²) in [5, 5.41) is 11.9. The fourth-order valence-corrected chi connectivity index (χ4v) is 1.96.